The first-order valence-corrected chi connectivity index (χ1v) is 7.06. The van der Waals surface area contributed by atoms with E-state index in [1.165, 1.54) is 25.7 Å². The minimum Gasteiger partial charge on any atom is -0.362 e. The van der Waals surface area contributed by atoms with Gasteiger partial charge in [-0.2, -0.15) is 0 Å². The second-order valence-electron chi connectivity index (χ2n) is 5.04. The summed E-state index contributed by atoms with van der Waals surface area (Å²) in [6.07, 6.45) is 4.86. The molecule has 0 bridgehead atoms. The molecule has 0 spiro atoms. The predicted molar refractivity (Wildman–Crippen MR) is 75.3 cm³/mol. The number of nitrogens with one attached hydrogen (secondary N) is 3. The molecule has 5 heteroatoms. The van der Waals surface area contributed by atoms with Gasteiger partial charge in [-0.15, -0.1) is 0 Å². The van der Waals surface area contributed by atoms with Crippen molar-refractivity contribution in [1.29, 1.82) is 0 Å². The van der Waals surface area contributed by atoms with Crippen molar-refractivity contribution in [1.82, 2.24) is 20.9 Å². The van der Waals surface area contributed by atoms with Gasteiger partial charge in [-0.25, -0.2) is 0 Å². The van der Waals surface area contributed by atoms with Crippen LogP contribution in [0.15, 0.2) is 0 Å². The van der Waals surface area contributed by atoms with Gasteiger partial charge in [0.1, 0.15) is 0 Å². The maximum atomic E-state index is 5.42. The first-order valence-electron chi connectivity index (χ1n) is 6.65. The largest absolute Gasteiger partial charge is 0.362 e. The second kappa shape index (κ2) is 5.98. The Labute approximate surface area is 110 Å². The first-order chi connectivity index (χ1) is 8.26. The average Bonchev–Trinajstić information content (AvgIpc) is 2.38. The maximum absolute atomic E-state index is 5.42. The van der Waals surface area contributed by atoms with Gasteiger partial charge in [-0.1, -0.05) is 0 Å². The van der Waals surface area contributed by atoms with E-state index in [1.54, 1.807) is 0 Å². The van der Waals surface area contributed by atoms with E-state index in [2.05, 4.69) is 34.9 Å². The van der Waals surface area contributed by atoms with Crippen molar-refractivity contribution in [3.63, 3.8) is 0 Å². The van der Waals surface area contributed by atoms with E-state index in [1.807, 2.05) is 0 Å². The number of nitrogens with zero attached hydrogens (tertiary/aromatic N) is 1. The van der Waals surface area contributed by atoms with Crippen molar-refractivity contribution in [2.45, 2.75) is 43.8 Å². The number of hydrogen-bond acceptors (Lipinski definition) is 3. The van der Waals surface area contributed by atoms with Crippen LogP contribution in [0.25, 0.3) is 0 Å². The topological polar surface area (TPSA) is 39.3 Å². The van der Waals surface area contributed by atoms with Crippen LogP contribution in [-0.4, -0.2) is 55.3 Å². The summed E-state index contributed by atoms with van der Waals surface area (Å²) < 4.78 is 0. The van der Waals surface area contributed by atoms with Crippen LogP contribution in [0.3, 0.4) is 0 Å². The highest BCUT2D eigenvalue weighted by Crippen LogP contribution is 2.24. The van der Waals surface area contributed by atoms with Crippen molar-refractivity contribution in [3.8, 4) is 0 Å². The maximum Gasteiger partial charge on any atom is 0.169 e. The molecule has 1 unspecified atom stereocenters. The fourth-order valence-corrected chi connectivity index (χ4v) is 3.43. The fraction of sp³-hybridized carbons (Fsp3) is 0.917. The van der Waals surface area contributed by atoms with Gasteiger partial charge in [0, 0.05) is 31.2 Å². The Hall–Kier alpha value is -0.390. The Bertz CT molecular complexity index is 271. The third-order valence-electron chi connectivity index (χ3n) is 4.12. The van der Waals surface area contributed by atoms with Crippen LogP contribution >= 0.6 is 12.2 Å². The third-order valence-corrected chi connectivity index (χ3v) is 4.50. The Kier molecular flexibility index (Phi) is 4.59. The molecule has 1 aliphatic heterocycles. The Balaban J connectivity index is 1.96. The molecule has 2 fully saturated rings. The minimum atomic E-state index is 0.559. The number of hydrogen-bond donors (Lipinski definition) is 3. The summed E-state index contributed by atoms with van der Waals surface area (Å²) >= 11 is 5.42. The zero-order chi connectivity index (χ0) is 12.3. The Morgan fingerprint density at radius 2 is 2.00 bits per heavy atom. The predicted octanol–water partition coefficient (Wildman–Crippen LogP) is 0.295. The van der Waals surface area contributed by atoms with E-state index in [0.717, 1.165) is 18.2 Å². The van der Waals surface area contributed by atoms with Crippen LogP contribution in [0.2, 0.25) is 0 Å². The highest BCUT2D eigenvalue weighted by Gasteiger charge is 2.33. The van der Waals surface area contributed by atoms with Gasteiger partial charge in [0.05, 0.1) is 0 Å². The van der Waals surface area contributed by atoms with Crippen molar-refractivity contribution in [3.05, 3.63) is 0 Å². The molecular formula is C12H24N4S. The standard InChI is InChI=1S/C12H24N4S/c1-13-10-5-4-9(8-11(10)14-2)16-7-3-6-15-12(16)17/h9-11,13-14H,3-8H2,1-2H3,(H,15,17)/t9?,10-,11+/m1/s1. The lowest BCUT2D eigenvalue weighted by Crippen LogP contribution is -2.58. The summed E-state index contributed by atoms with van der Waals surface area (Å²) in [5, 5.41) is 11.1. The van der Waals surface area contributed by atoms with Crippen LogP contribution in [0.1, 0.15) is 25.7 Å². The molecule has 2 rings (SSSR count). The first kappa shape index (κ1) is 13.1. The van der Waals surface area contributed by atoms with Gasteiger partial charge in [0.2, 0.25) is 0 Å². The van der Waals surface area contributed by atoms with E-state index >= 15 is 0 Å². The van der Waals surface area contributed by atoms with Crippen LogP contribution in [0.5, 0.6) is 0 Å². The zero-order valence-corrected chi connectivity index (χ0v) is 11.6. The van der Waals surface area contributed by atoms with Crippen LogP contribution in [0, 0.1) is 0 Å². The number of rotatable bonds is 3. The summed E-state index contributed by atoms with van der Waals surface area (Å²) in [6, 6.07) is 1.77. The highest BCUT2D eigenvalue weighted by molar-refractivity contribution is 7.80. The molecule has 0 amide bonds. The van der Waals surface area contributed by atoms with E-state index < -0.39 is 0 Å². The molecule has 3 atom stereocenters. The summed E-state index contributed by atoms with van der Waals surface area (Å²) in [7, 11) is 4.12. The molecule has 1 aliphatic carbocycles. The lowest BCUT2D eigenvalue weighted by molar-refractivity contribution is 0.178. The van der Waals surface area contributed by atoms with Crippen molar-refractivity contribution >= 4 is 17.3 Å². The average molecular weight is 256 g/mol. The van der Waals surface area contributed by atoms with Gasteiger partial charge >= 0.3 is 0 Å². The van der Waals surface area contributed by atoms with E-state index in [4.69, 9.17) is 12.2 Å². The van der Waals surface area contributed by atoms with Crippen molar-refractivity contribution < 1.29 is 0 Å². The van der Waals surface area contributed by atoms with Gasteiger partial charge in [-0.3, -0.25) is 0 Å². The highest BCUT2D eigenvalue weighted by atomic mass is 32.1. The van der Waals surface area contributed by atoms with E-state index in [0.29, 0.717) is 18.1 Å². The molecule has 0 aromatic rings. The molecule has 3 N–H and O–H groups in total. The smallest absolute Gasteiger partial charge is 0.169 e. The van der Waals surface area contributed by atoms with Gasteiger partial charge in [0.15, 0.2) is 5.11 Å². The minimum absolute atomic E-state index is 0.559. The van der Waals surface area contributed by atoms with Gasteiger partial charge in [-0.05, 0) is 52.0 Å². The molecular weight excluding hydrogens is 232 g/mol. The lowest BCUT2D eigenvalue weighted by Gasteiger charge is -2.43. The normalized spacial score (nSPS) is 34.6. The van der Waals surface area contributed by atoms with Crippen molar-refractivity contribution in [2.75, 3.05) is 27.2 Å². The van der Waals surface area contributed by atoms with Crippen LogP contribution in [0.4, 0.5) is 0 Å². The molecule has 0 aromatic heterocycles. The third kappa shape index (κ3) is 2.89. The number of thiocarbonyl (C=S) groups is 1. The zero-order valence-electron chi connectivity index (χ0n) is 10.8. The number of likely N-dealkylation sites (N-methyl/N-ethyl adjacent to an activating group) is 2. The Morgan fingerprint density at radius 1 is 1.24 bits per heavy atom. The SMILES string of the molecule is CN[C@H]1CC(N2CCCNC2=S)CC[C@H]1NC. The Morgan fingerprint density at radius 3 is 2.65 bits per heavy atom. The van der Waals surface area contributed by atoms with Gasteiger partial charge < -0.3 is 20.9 Å². The molecule has 17 heavy (non-hydrogen) atoms. The van der Waals surface area contributed by atoms with Crippen LogP contribution < -0.4 is 16.0 Å². The summed E-state index contributed by atoms with van der Waals surface area (Å²) in [5.74, 6) is 0. The monoisotopic (exact) mass is 256 g/mol. The molecule has 98 valence electrons. The lowest BCUT2D eigenvalue weighted by atomic mass is 9.86. The quantitative estimate of drug-likeness (QED) is 0.633. The van der Waals surface area contributed by atoms with Crippen LogP contribution in [-0.2, 0) is 0 Å². The second-order valence-corrected chi connectivity index (χ2v) is 5.42. The molecule has 2 aliphatic rings. The van der Waals surface area contributed by atoms with E-state index in [9.17, 15) is 0 Å². The van der Waals surface area contributed by atoms with Crippen molar-refractivity contribution in [2.24, 2.45) is 0 Å². The fourth-order valence-electron chi connectivity index (χ4n) is 3.09. The molecule has 1 heterocycles. The molecule has 4 nitrogen and oxygen atoms in total. The molecule has 1 saturated heterocycles. The molecule has 1 saturated carbocycles. The summed E-state index contributed by atoms with van der Waals surface area (Å²) in [4.78, 5) is 2.40. The van der Waals surface area contributed by atoms with Gasteiger partial charge in [0.25, 0.3) is 0 Å². The van der Waals surface area contributed by atoms with E-state index in [-0.39, 0.29) is 0 Å². The molecule has 0 radical (unpaired) electrons. The summed E-state index contributed by atoms with van der Waals surface area (Å²) in [6.45, 7) is 2.16. The summed E-state index contributed by atoms with van der Waals surface area (Å²) in [5.41, 5.74) is 0. The molecule has 0 aromatic carbocycles.